The highest BCUT2D eigenvalue weighted by molar-refractivity contribution is 5.87. The summed E-state index contributed by atoms with van der Waals surface area (Å²) in [4.78, 5) is 14.3. The Labute approximate surface area is 250 Å². The summed E-state index contributed by atoms with van der Waals surface area (Å²) in [6.45, 7) is 2.02. The predicted octanol–water partition coefficient (Wildman–Crippen LogP) is 0.0855. The molecule has 2 aliphatic heterocycles. The number of hydrogen-bond acceptors (Lipinski definition) is 12. The molecule has 2 aliphatic rings. The Kier molecular flexibility index (Phi) is 11.7. The van der Waals surface area contributed by atoms with Crippen LogP contribution >= 0.6 is 0 Å². The van der Waals surface area contributed by atoms with Gasteiger partial charge in [-0.3, -0.25) is 0 Å². The first kappa shape index (κ1) is 33.0. The minimum Gasteiger partial charge on any atom is -0.462 e. The van der Waals surface area contributed by atoms with E-state index < -0.39 is 74.0 Å². The van der Waals surface area contributed by atoms with Gasteiger partial charge in [0.1, 0.15) is 55.1 Å². The monoisotopic (exact) mass is 603 g/mol. The molecule has 0 bridgehead atoms. The first-order valence-corrected chi connectivity index (χ1v) is 14.2. The molecule has 2 saturated heterocycles. The van der Waals surface area contributed by atoms with Gasteiger partial charge in [0, 0.05) is 12.6 Å². The molecule has 43 heavy (non-hydrogen) atoms. The molecule has 0 radical (unpaired) electrons. The van der Waals surface area contributed by atoms with Crippen LogP contribution in [0.1, 0.15) is 18.1 Å². The van der Waals surface area contributed by atoms with Gasteiger partial charge in [-0.25, -0.2) is 4.79 Å². The SMILES string of the molecule is C[C@@H]1O[C@H](Oc2ccc(CCN(C)C)cc2)[C@H](O)[C@H](O)[C@H]1O[C@H]1O[C@H](COC(=O)/C=C\c2ccccc2)[C@H](O)[C@@H](O)[C@H]1O. The van der Waals surface area contributed by atoms with Crippen molar-refractivity contribution in [1.82, 2.24) is 4.90 Å². The normalized spacial score (nSPS) is 33.0. The van der Waals surface area contributed by atoms with Gasteiger partial charge in [0.2, 0.25) is 6.29 Å². The molecule has 4 rings (SSSR count). The second-order valence-corrected chi connectivity index (χ2v) is 11.0. The average molecular weight is 604 g/mol. The van der Waals surface area contributed by atoms with E-state index in [1.54, 1.807) is 37.3 Å². The van der Waals surface area contributed by atoms with Crippen molar-refractivity contribution in [2.45, 2.75) is 74.8 Å². The summed E-state index contributed by atoms with van der Waals surface area (Å²) in [7, 11) is 3.99. The molecule has 0 aromatic heterocycles. The Balaban J connectivity index is 1.32. The first-order chi connectivity index (χ1) is 20.5. The molecule has 12 nitrogen and oxygen atoms in total. The molecule has 5 N–H and O–H groups in total. The standard InChI is InChI=1S/C31H41NO11/c1-18-29(26(36)28(38)30(40-18)41-21-12-9-20(10-13-21)15-16-32(2)3)43-31-27(37)25(35)24(34)22(42-31)17-39-23(33)14-11-19-7-5-4-6-8-19/h4-14,18,22,24-31,34-38H,15-17H2,1-3H3/b14-11-/t18-,22+,24-,25+,26-,27+,28+,29-,30+,31+/m0/s1. The van der Waals surface area contributed by atoms with Crippen molar-refractivity contribution in [2.75, 3.05) is 27.2 Å². The summed E-state index contributed by atoms with van der Waals surface area (Å²) in [6, 6.07) is 16.4. The fourth-order valence-electron chi connectivity index (χ4n) is 4.77. The number of nitrogens with zero attached hydrogens (tertiary/aromatic N) is 1. The summed E-state index contributed by atoms with van der Waals surface area (Å²) in [5.41, 5.74) is 1.90. The molecule has 0 amide bonds. The lowest BCUT2D eigenvalue weighted by atomic mass is 9.97. The second-order valence-electron chi connectivity index (χ2n) is 11.0. The number of likely N-dealkylation sites (N-methyl/N-ethyl adjacent to an activating group) is 1. The van der Waals surface area contributed by atoms with Gasteiger partial charge in [-0.15, -0.1) is 0 Å². The van der Waals surface area contributed by atoms with Gasteiger partial charge in [-0.2, -0.15) is 0 Å². The highest BCUT2D eigenvalue weighted by Gasteiger charge is 2.50. The summed E-state index contributed by atoms with van der Waals surface area (Å²) >= 11 is 0. The van der Waals surface area contributed by atoms with E-state index in [0.29, 0.717) is 5.75 Å². The van der Waals surface area contributed by atoms with Crippen LogP contribution in [0.25, 0.3) is 6.08 Å². The lowest BCUT2D eigenvalue weighted by Gasteiger charge is -2.45. The number of aliphatic hydroxyl groups is 5. The minimum atomic E-state index is -1.71. The van der Waals surface area contributed by atoms with E-state index in [1.807, 2.05) is 44.4 Å². The third-order valence-electron chi connectivity index (χ3n) is 7.36. The molecule has 2 heterocycles. The van der Waals surface area contributed by atoms with Crippen LogP contribution in [0, 0.1) is 0 Å². The number of esters is 1. The van der Waals surface area contributed by atoms with Crippen LogP contribution in [0.4, 0.5) is 0 Å². The Morgan fingerprint density at radius 3 is 2.21 bits per heavy atom. The van der Waals surface area contributed by atoms with Crippen LogP contribution in [-0.2, 0) is 30.2 Å². The van der Waals surface area contributed by atoms with E-state index in [0.717, 1.165) is 24.1 Å². The second kappa shape index (κ2) is 15.2. The van der Waals surface area contributed by atoms with Crippen molar-refractivity contribution in [2.24, 2.45) is 0 Å². The zero-order valence-electron chi connectivity index (χ0n) is 24.4. The van der Waals surface area contributed by atoms with E-state index >= 15 is 0 Å². The van der Waals surface area contributed by atoms with Crippen molar-refractivity contribution >= 4 is 12.0 Å². The zero-order valence-corrected chi connectivity index (χ0v) is 24.4. The number of ether oxygens (including phenoxy) is 5. The number of hydrogen-bond donors (Lipinski definition) is 5. The van der Waals surface area contributed by atoms with Gasteiger partial charge in [0.15, 0.2) is 6.29 Å². The summed E-state index contributed by atoms with van der Waals surface area (Å²) in [5, 5.41) is 53.0. The minimum absolute atomic E-state index is 0.440. The molecule has 0 unspecified atom stereocenters. The number of carbonyl (C=O) groups is 1. The van der Waals surface area contributed by atoms with Crippen LogP contribution in [-0.4, -0.2) is 125 Å². The van der Waals surface area contributed by atoms with Crippen molar-refractivity contribution in [3.8, 4) is 5.75 Å². The van der Waals surface area contributed by atoms with Crippen molar-refractivity contribution < 1.29 is 54.0 Å². The Hall–Kier alpha value is -2.91. The molecule has 0 saturated carbocycles. The maximum atomic E-state index is 12.2. The molecule has 2 aromatic carbocycles. The highest BCUT2D eigenvalue weighted by atomic mass is 16.7. The molecule has 12 heteroatoms. The van der Waals surface area contributed by atoms with Gasteiger partial charge in [-0.1, -0.05) is 42.5 Å². The first-order valence-electron chi connectivity index (χ1n) is 14.2. The third kappa shape index (κ3) is 8.82. The lowest BCUT2D eigenvalue weighted by Crippen LogP contribution is -2.64. The number of rotatable bonds is 11. The maximum absolute atomic E-state index is 12.2. The van der Waals surface area contributed by atoms with Crippen LogP contribution in [0.3, 0.4) is 0 Å². The van der Waals surface area contributed by atoms with E-state index in [-0.39, 0.29) is 0 Å². The number of aliphatic hydroxyl groups excluding tert-OH is 5. The molecular formula is C31H41NO11. The predicted molar refractivity (Wildman–Crippen MR) is 154 cm³/mol. The van der Waals surface area contributed by atoms with Crippen molar-refractivity contribution in [3.05, 3.63) is 71.8 Å². The lowest BCUT2D eigenvalue weighted by molar-refractivity contribution is -0.349. The quantitative estimate of drug-likeness (QED) is 0.174. The van der Waals surface area contributed by atoms with Crippen molar-refractivity contribution in [3.63, 3.8) is 0 Å². The van der Waals surface area contributed by atoms with Crippen molar-refractivity contribution in [1.29, 1.82) is 0 Å². The van der Waals surface area contributed by atoms with E-state index in [4.69, 9.17) is 23.7 Å². The summed E-state index contributed by atoms with van der Waals surface area (Å²) in [5.74, 6) is -0.268. The van der Waals surface area contributed by atoms with E-state index in [1.165, 1.54) is 6.08 Å². The zero-order chi connectivity index (χ0) is 31.1. The smallest absolute Gasteiger partial charge is 0.330 e. The molecule has 0 spiro atoms. The van der Waals surface area contributed by atoms with Crippen LogP contribution in [0.5, 0.6) is 5.75 Å². The van der Waals surface area contributed by atoms with E-state index in [2.05, 4.69) is 4.90 Å². The molecular weight excluding hydrogens is 562 g/mol. The molecule has 10 atom stereocenters. The number of carbonyl (C=O) groups excluding carboxylic acids is 1. The fraction of sp³-hybridized carbons (Fsp3) is 0.516. The number of benzene rings is 2. The molecule has 2 aromatic rings. The summed E-state index contributed by atoms with van der Waals surface area (Å²) < 4.78 is 28.2. The third-order valence-corrected chi connectivity index (χ3v) is 7.36. The van der Waals surface area contributed by atoms with Gasteiger partial charge in [0.25, 0.3) is 0 Å². The fourth-order valence-corrected chi connectivity index (χ4v) is 4.77. The van der Waals surface area contributed by atoms with E-state index in [9.17, 15) is 30.3 Å². The average Bonchev–Trinajstić information content (AvgIpc) is 3.00. The summed E-state index contributed by atoms with van der Waals surface area (Å²) in [6.07, 6.45) is -10.5. The highest BCUT2D eigenvalue weighted by Crippen LogP contribution is 2.30. The van der Waals surface area contributed by atoms with Gasteiger partial charge < -0.3 is 54.1 Å². The van der Waals surface area contributed by atoms with Crippen LogP contribution in [0.15, 0.2) is 60.7 Å². The van der Waals surface area contributed by atoms with Crippen LogP contribution in [0.2, 0.25) is 0 Å². The van der Waals surface area contributed by atoms with Gasteiger partial charge >= 0.3 is 5.97 Å². The molecule has 0 aliphatic carbocycles. The Morgan fingerprint density at radius 1 is 0.860 bits per heavy atom. The molecule has 2 fully saturated rings. The van der Waals surface area contributed by atoms with Gasteiger partial charge in [0.05, 0.1) is 6.10 Å². The topological polar surface area (TPSA) is 168 Å². The molecule has 236 valence electrons. The van der Waals surface area contributed by atoms with Gasteiger partial charge in [-0.05, 0) is 56.8 Å². The Bertz CT molecular complexity index is 1180. The van der Waals surface area contributed by atoms with Crippen LogP contribution < -0.4 is 4.74 Å². The Morgan fingerprint density at radius 2 is 1.53 bits per heavy atom. The largest absolute Gasteiger partial charge is 0.462 e. The maximum Gasteiger partial charge on any atom is 0.330 e.